The van der Waals surface area contributed by atoms with Crippen LogP contribution in [0, 0.1) is 11.6 Å². The van der Waals surface area contributed by atoms with Crippen molar-refractivity contribution >= 4 is 11.6 Å². The maximum absolute atomic E-state index is 13.5. The van der Waals surface area contributed by atoms with Gasteiger partial charge in [0.25, 0.3) is 0 Å². The smallest absolute Gasteiger partial charge is 0.168 e. The van der Waals surface area contributed by atoms with Crippen molar-refractivity contribution in [3.63, 3.8) is 0 Å². The predicted molar refractivity (Wildman–Crippen MR) is 67.7 cm³/mol. The number of hydrogen-bond acceptors (Lipinski definition) is 4. The fraction of sp³-hybridized carbons (Fsp3) is 0.583. The Morgan fingerprint density at radius 3 is 2.44 bits per heavy atom. The molecule has 0 radical (unpaired) electrons. The number of aliphatic hydroxyl groups is 1. The molecule has 0 amide bonds. The van der Waals surface area contributed by atoms with Crippen molar-refractivity contribution in [2.45, 2.75) is 32.7 Å². The van der Waals surface area contributed by atoms with E-state index in [1.807, 2.05) is 6.92 Å². The largest absolute Gasteiger partial charge is 0.394 e. The molecule has 4 nitrogen and oxygen atoms in total. The Morgan fingerprint density at radius 1 is 1.28 bits per heavy atom. The van der Waals surface area contributed by atoms with Gasteiger partial charge in [0.15, 0.2) is 23.3 Å². The van der Waals surface area contributed by atoms with E-state index in [1.54, 1.807) is 13.8 Å². The van der Waals surface area contributed by atoms with Crippen LogP contribution in [-0.4, -0.2) is 28.8 Å². The van der Waals surface area contributed by atoms with Gasteiger partial charge in [-0.05, 0) is 20.3 Å². The van der Waals surface area contributed by atoms with Crippen molar-refractivity contribution in [1.29, 1.82) is 0 Å². The number of hydrogen-bond donors (Lipinski definition) is 3. The second-order valence-electron chi connectivity index (χ2n) is 4.74. The molecule has 0 aliphatic heterocycles. The average Bonchev–Trinajstić information content (AvgIpc) is 2.31. The Kier molecular flexibility index (Phi) is 4.84. The van der Waals surface area contributed by atoms with Crippen LogP contribution in [0.1, 0.15) is 27.2 Å². The molecule has 18 heavy (non-hydrogen) atoms. The maximum atomic E-state index is 13.5. The molecule has 1 aromatic heterocycles. The molecule has 102 valence electrons. The van der Waals surface area contributed by atoms with Gasteiger partial charge in [-0.2, -0.15) is 0 Å². The van der Waals surface area contributed by atoms with Crippen LogP contribution in [0.3, 0.4) is 0 Å². The van der Waals surface area contributed by atoms with E-state index in [4.69, 9.17) is 5.11 Å². The van der Waals surface area contributed by atoms with Gasteiger partial charge >= 0.3 is 0 Å². The summed E-state index contributed by atoms with van der Waals surface area (Å²) in [6.07, 6.45) is 0.809. The third-order valence-corrected chi connectivity index (χ3v) is 2.32. The summed E-state index contributed by atoms with van der Waals surface area (Å²) in [5.41, 5.74) is -0.728. The van der Waals surface area contributed by atoms with Crippen molar-refractivity contribution in [3.05, 3.63) is 17.7 Å². The van der Waals surface area contributed by atoms with Crippen molar-refractivity contribution < 1.29 is 13.9 Å². The van der Waals surface area contributed by atoms with Crippen LogP contribution in [0.15, 0.2) is 6.07 Å². The third-order valence-electron chi connectivity index (χ3n) is 2.32. The quantitative estimate of drug-likeness (QED) is 0.734. The summed E-state index contributed by atoms with van der Waals surface area (Å²) in [5, 5.41) is 14.6. The summed E-state index contributed by atoms with van der Waals surface area (Å²) in [5.74, 6) is -1.58. The fourth-order valence-corrected chi connectivity index (χ4v) is 1.28. The van der Waals surface area contributed by atoms with E-state index in [1.165, 1.54) is 0 Å². The Hall–Kier alpha value is -1.43. The highest BCUT2D eigenvalue weighted by Gasteiger charge is 2.20. The average molecular weight is 259 g/mol. The van der Waals surface area contributed by atoms with Crippen LogP contribution in [-0.2, 0) is 0 Å². The molecular weight excluding hydrogens is 240 g/mol. The molecule has 0 fully saturated rings. The number of aliphatic hydroxyl groups excluding tert-OH is 1. The molecule has 0 saturated carbocycles. The topological polar surface area (TPSA) is 57.2 Å². The zero-order chi connectivity index (χ0) is 13.8. The monoisotopic (exact) mass is 259 g/mol. The van der Waals surface area contributed by atoms with Crippen LogP contribution in [0.5, 0.6) is 0 Å². The van der Waals surface area contributed by atoms with E-state index in [0.717, 1.165) is 12.5 Å². The van der Waals surface area contributed by atoms with Gasteiger partial charge < -0.3 is 15.7 Å². The van der Waals surface area contributed by atoms with E-state index in [2.05, 4.69) is 15.6 Å². The lowest BCUT2D eigenvalue weighted by Gasteiger charge is -2.24. The molecule has 0 saturated heterocycles. The SMILES string of the molecule is CCCNc1nc(NC(C)(C)CO)c(F)cc1F. The lowest BCUT2D eigenvalue weighted by Crippen LogP contribution is -2.35. The van der Waals surface area contributed by atoms with Gasteiger partial charge in [0.05, 0.1) is 12.1 Å². The highest BCUT2D eigenvalue weighted by atomic mass is 19.1. The molecule has 0 aliphatic rings. The number of nitrogens with one attached hydrogen (secondary N) is 2. The van der Waals surface area contributed by atoms with Gasteiger partial charge in [0.1, 0.15) is 0 Å². The summed E-state index contributed by atoms with van der Waals surface area (Å²) >= 11 is 0. The van der Waals surface area contributed by atoms with Crippen LogP contribution < -0.4 is 10.6 Å². The normalized spacial score (nSPS) is 11.4. The minimum atomic E-state index is -0.781. The maximum Gasteiger partial charge on any atom is 0.168 e. The van der Waals surface area contributed by atoms with Crippen LogP contribution in [0.2, 0.25) is 0 Å². The molecule has 1 aromatic rings. The lowest BCUT2D eigenvalue weighted by atomic mass is 10.1. The zero-order valence-electron chi connectivity index (χ0n) is 10.8. The standard InChI is InChI=1S/C12H19F2N3O/c1-4-5-15-10-8(13)6-9(14)11(16-10)17-12(2,3)7-18/h6,18H,4-5,7H2,1-3H3,(H2,15,16,17). The van der Waals surface area contributed by atoms with Gasteiger partial charge in [-0.3, -0.25) is 0 Å². The minimum absolute atomic E-state index is 0.00879. The minimum Gasteiger partial charge on any atom is -0.394 e. The molecule has 0 bridgehead atoms. The van der Waals surface area contributed by atoms with Gasteiger partial charge in [-0.1, -0.05) is 6.92 Å². The molecule has 6 heteroatoms. The number of halogens is 2. The Labute approximate surface area is 105 Å². The van der Waals surface area contributed by atoms with Crippen molar-refractivity contribution in [2.75, 3.05) is 23.8 Å². The Balaban J connectivity index is 2.97. The van der Waals surface area contributed by atoms with Gasteiger partial charge in [-0.15, -0.1) is 0 Å². The van der Waals surface area contributed by atoms with Crippen molar-refractivity contribution in [2.24, 2.45) is 0 Å². The number of pyridine rings is 1. The first-order valence-corrected chi connectivity index (χ1v) is 5.88. The van der Waals surface area contributed by atoms with E-state index in [9.17, 15) is 8.78 Å². The lowest BCUT2D eigenvalue weighted by molar-refractivity contribution is 0.233. The summed E-state index contributed by atoms with van der Waals surface area (Å²) in [4.78, 5) is 3.86. The van der Waals surface area contributed by atoms with Gasteiger partial charge in [0, 0.05) is 12.6 Å². The molecule has 3 N–H and O–H groups in total. The van der Waals surface area contributed by atoms with E-state index < -0.39 is 17.2 Å². The molecule has 0 aliphatic carbocycles. The van der Waals surface area contributed by atoms with Gasteiger partial charge in [0.2, 0.25) is 0 Å². The van der Waals surface area contributed by atoms with Crippen LogP contribution >= 0.6 is 0 Å². The number of rotatable bonds is 6. The van der Waals surface area contributed by atoms with E-state index in [0.29, 0.717) is 6.54 Å². The highest BCUT2D eigenvalue weighted by Crippen LogP contribution is 2.21. The van der Waals surface area contributed by atoms with E-state index in [-0.39, 0.29) is 18.2 Å². The highest BCUT2D eigenvalue weighted by molar-refractivity contribution is 5.48. The second-order valence-corrected chi connectivity index (χ2v) is 4.74. The van der Waals surface area contributed by atoms with Crippen molar-refractivity contribution in [1.82, 2.24) is 4.98 Å². The summed E-state index contributed by atoms with van der Waals surface area (Å²) in [6, 6.07) is 0.779. The molecule has 1 rings (SSSR count). The summed E-state index contributed by atoms with van der Waals surface area (Å²) in [6.45, 7) is 5.68. The molecule has 0 aromatic carbocycles. The number of anilines is 2. The Morgan fingerprint density at radius 2 is 1.89 bits per heavy atom. The second kappa shape index (κ2) is 5.95. The Bertz CT molecular complexity index is 411. The molecule has 1 heterocycles. The first-order chi connectivity index (χ1) is 8.39. The fourth-order valence-electron chi connectivity index (χ4n) is 1.28. The molecule has 0 atom stereocenters. The molecular formula is C12H19F2N3O. The first kappa shape index (κ1) is 14.6. The van der Waals surface area contributed by atoms with Gasteiger partial charge in [-0.25, -0.2) is 13.8 Å². The molecule has 0 spiro atoms. The predicted octanol–water partition coefficient (Wildman–Crippen LogP) is 2.36. The molecule has 0 unspecified atom stereocenters. The van der Waals surface area contributed by atoms with Crippen LogP contribution in [0.25, 0.3) is 0 Å². The van der Waals surface area contributed by atoms with Crippen LogP contribution in [0.4, 0.5) is 20.4 Å². The number of nitrogens with zero attached hydrogens (tertiary/aromatic N) is 1. The summed E-state index contributed by atoms with van der Waals surface area (Å²) < 4.78 is 27.0. The number of aromatic nitrogens is 1. The summed E-state index contributed by atoms with van der Waals surface area (Å²) in [7, 11) is 0. The van der Waals surface area contributed by atoms with E-state index >= 15 is 0 Å². The zero-order valence-corrected chi connectivity index (χ0v) is 10.8. The van der Waals surface area contributed by atoms with Crippen molar-refractivity contribution in [3.8, 4) is 0 Å². The third kappa shape index (κ3) is 3.80. The first-order valence-electron chi connectivity index (χ1n) is 5.88.